The van der Waals surface area contributed by atoms with Crippen molar-refractivity contribution in [1.82, 2.24) is 4.98 Å². The van der Waals surface area contributed by atoms with Crippen molar-refractivity contribution in [1.29, 1.82) is 0 Å². The number of pyridine rings is 1. The van der Waals surface area contributed by atoms with Crippen molar-refractivity contribution < 1.29 is 0 Å². The van der Waals surface area contributed by atoms with Gasteiger partial charge in [-0.25, -0.2) is 4.98 Å². The van der Waals surface area contributed by atoms with Crippen molar-refractivity contribution in [2.75, 3.05) is 0 Å². The van der Waals surface area contributed by atoms with Crippen LogP contribution in [0.5, 0.6) is 0 Å². The molecule has 1 heteroatoms. The van der Waals surface area contributed by atoms with Crippen LogP contribution in [0.3, 0.4) is 0 Å². The molecule has 0 aliphatic carbocycles. The van der Waals surface area contributed by atoms with Crippen molar-refractivity contribution in [3.8, 4) is 11.3 Å². The van der Waals surface area contributed by atoms with Crippen LogP contribution in [0.15, 0.2) is 115 Å². The van der Waals surface area contributed by atoms with E-state index in [9.17, 15) is 0 Å². The summed E-state index contributed by atoms with van der Waals surface area (Å²) < 4.78 is 0. The zero-order valence-corrected chi connectivity index (χ0v) is 17.4. The Bertz CT molecular complexity index is 1820. The van der Waals surface area contributed by atoms with Gasteiger partial charge in [0.05, 0.1) is 11.2 Å². The lowest BCUT2D eigenvalue weighted by Crippen LogP contribution is -1.93. The molecule has 1 nitrogen and oxygen atoms in total. The fourth-order valence-electron chi connectivity index (χ4n) is 5.25. The Morgan fingerprint density at radius 3 is 1.66 bits per heavy atom. The summed E-state index contributed by atoms with van der Waals surface area (Å²) in [5.74, 6) is 0. The number of nitrogens with zero attached hydrogens (tertiary/aromatic N) is 1. The highest BCUT2D eigenvalue weighted by Gasteiger charge is 2.18. The first-order valence-corrected chi connectivity index (χ1v) is 11.0. The Hall–Kier alpha value is -4.23. The molecule has 0 radical (unpaired) electrons. The van der Waals surface area contributed by atoms with E-state index >= 15 is 0 Å². The Morgan fingerprint density at radius 1 is 0.375 bits per heavy atom. The molecule has 0 N–H and O–H groups in total. The van der Waals surface area contributed by atoms with Gasteiger partial charge in [-0.1, -0.05) is 109 Å². The molecule has 0 amide bonds. The largest absolute Gasteiger partial charge is 0.247 e. The second kappa shape index (κ2) is 6.63. The lowest BCUT2D eigenvalue weighted by Gasteiger charge is -2.17. The third kappa shape index (κ3) is 2.36. The van der Waals surface area contributed by atoms with Crippen LogP contribution in [-0.4, -0.2) is 4.98 Å². The molecule has 1 aromatic heterocycles. The van der Waals surface area contributed by atoms with Crippen molar-refractivity contribution in [3.63, 3.8) is 0 Å². The van der Waals surface area contributed by atoms with E-state index in [-0.39, 0.29) is 0 Å². The van der Waals surface area contributed by atoms with Crippen LogP contribution < -0.4 is 0 Å². The average Bonchev–Trinajstić information content (AvgIpc) is 2.87. The molecule has 0 atom stereocenters. The maximum absolute atomic E-state index is 5.28. The molecular weight excluding hydrogens is 386 g/mol. The lowest BCUT2D eigenvalue weighted by molar-refractivity contribution is 1.44. The lowest BCUT2D eigenvalue weighted by atomic mass is 9.89. The van der Waals surface area contributed by atoms with Gasteiger partial charge in [-0.3, -0.25) is 0 Å². The van der Waals surface area contributed by atoms with E-state index in [0.717, 1.165) is 11.2 Å². The van der Waals surface area contributed by atoms with Gasteiger partial charge in [0, 0.05) is 21.7 Å². The van der Waals surface area contributed by atoms with Gasteiger partial charge in [-0.2, -0.15) is 0 Å². The summed E-state index contributed by atoms with van der Waals surface area (Å²) in [5, 5.41) is 11.3. The fraction of sp³-hybridized carbons (Fsp3) is 0. The molecule has 7 rings (SSSR count). The predicted octanol–water partition coefficient (Wildman–Crippen LogP) is 8.51. The molecule has 0 spiro atoms. The van der Waals surface area contributed by atoms with Gasteiger partial charge in [0.25, 0.3) is 0 Å². The minimum absolute atomic E-state index is 1.03. The van der Waals surface area contributed by atoms with Crippen molar-refractivity contribution in [2.45, 2.75) is 0 Å². The monoisotopic (exact) mass is 405 g/mol. The highest BCUT2D eigenvalue weighted by molar-refractivity contribution is 6.34. The second-order valence-corrected chi connectivity index (χ2v) is 8.35. The summed E-state index contributed by atoms with van der Waals surface area (Å²) in [6, 6.07) is 41.2. The summed E-state index contributed by atoms with van der Waals surface area (Å²) in [4.78, 5) is 5.28. The topological polar surface area (TPSA) is 12.9 Å². The number of aromatic nitrogens is 1. The molecule has 6 aromatic carbocycles. The van der Waals surface area contributed by atoms with Gasteiger partial charge in [0.1, 0.15) is 0 Å². The standard InChI is InChI=1S/C31H19N/c1-2-12-21-20(10-1)11-9-18-26(21)31-30-25-16-6-4-14-23(25)22-13-3-5-15-24(22)29(30)27-17-7-8-19-28(27)32-31/h1-19H. The van der Waals surface area contributed by atoms with Crippen LogP contribution in [0.4, 0.5) is 0 Å². The smallest absolute Gasteiger partial charge is 0.0800 e. The second-order valence-electron chi connectivity index (χ2n) is 8.35. The van der Waals surface area contributed by atoms with Crippen molar-refractivity contribution in [2.24, 2.45) is 0 Å². The molecule has 0 saturated heterocycles. The van der Waals surface area contributed by atoms with Gasteiger partial charge in [0.2, 0.25) is 0 Å². The molecule has 0 saturated carbocycles. The number of hydrogen-bond donors (Lipinski definition) is 0. The Labute approximate surface area is 185 Å². The molecule has 0 fully saturated rings. The Balaban J connectivity index is 1.83. The van der Waals surface area contributed by atoms with Crippen LogP contribution in [0.25, 0.3) is 65.3 Å². The van der Waals surface area contributed by atoms with E-state index in [1.807, 2.05) is 0 Å². The molecule has 0 aliphatic rings. The minimum Gasteiger partial charge on any atom is -0.247 e. The molecule has 32 heavy (non-hydrogen) atoms. The molecule has 1 heterocycles. The summed E-state index contributed by atoms with van der Waals surface area (Å²) in [5.41, 5.74) is 3.26. The third-order valence-corrected chi connectivity index (χ3v) is 6.62. The van der Waals surface area contributed by atoms with Crippen LogP contribution in [-0.2, 0) is 0 Å². The summed E-state index contributed by atoms with van der Waals surface area (Å²) in [6.07, 6.45) is 0. The molecule has 7 aromatic rings. The Morgan fingerprint density at radius 2 is 0.906 bits per heavy atom. The van der Waals surface area contributed by atoms with Crippen LogP contribution in [0.2, 0.25) is 0 Å². The number of fused-ring (bicyclic) bond motifs is 9. The van der Waals surface area contributed by atoms with Gasteiger partial charge < -0.3 is 0 Å². The number of benzene rings is 6. The minimum atomic E-state index is 1.03. The summed E-state index contributed by atoms with van der Waals surface area (Å²) in [7, 11) is 0. The first-order valence-electron chi connectivity index (χ1n) is 11.0. The normalized spacial score (nSPS) is 11.8. The maximum atomic E-state index is 5.28. The highest BCUT2D eigenvalue weighted by Crippen LogP contribution is 2.43. The summed E-state index contributed by atoms with van der Waals surface area (Å²) >= 11 is 0. The van der Waals surface area contributed by atoms with E-state index in [2.05, 4.69) is 115 Å². The molecule has 0 bridgehead atoms. The molecule has 0 unspecified atom stereocenters. The summed E-state index contributed by atoms with van der Waals surface area (Å²) in [6.45, 7) is 0. The first kappa shape index (κ1) is 17.5. The molecular formula is C31H19N. The number of hydrogen-bond acceptors (Lipinski definition) is 1. The predicted molar refractivity (Wildman–Crippen MR) is 137 cm³/mol. The van der Waals surface area contributed by atoms with Gasteiger partial charge in [-0.15, -0.1) is 0 Å². The van der Waals surface area contributed by atoms with E-state index in [0.29, 0.717) is 0 Å². The zero-order valence-electron chi connectivity index (χ0n) is 17.4. The SMILES string of the molecule is c1ccc2c(-c3nc4ccccc4c4c5ccccc5c5ccccc5c34)cccc2c1. The van der Waals surface area contributed by atoms with E-state index in [1.165, 1.54) is 54.0 Å². The van der Waals surface area contributed by atoms with Gasteiger partial charge in [-0.05, 0) is 38.4 Å². The maximum Gasteiger partial charge on any atom is 0.0800 e. The Kier molecular flexibility index (Phi) is 3.62. The van der Waals surface area contributed by atoms with Crippen molar-refractivity contribution in [3.05, 3.63) is 115 Å². The fourth-order valence-corrected chi connectivity index (χ4v) is 5.25. The van der Waals surface area contributed by atoms with Crippen molar-refractivity contribution >= 4 is 54.0 Å². The zero-order chi connectivity index (χ0) is 21.1. The molecule has 0 aliphatic heterocycles. The molecule has 148 valence electrons. The number of rotatable bonds is 1. The van der Waals surface area contributed by atoms with E-state index < -0.39 is 0 Å². The van der Waals surface area contributed by atoms with E-state index in [1.54, 1.807) is 0 Å². The van der Waals surface area contributed by atoms with Crippen LogP contribution in [0.1, 0.15) is 0 Å². The first-order chi connectivity index (χ1) is 15.9. The highest BCUT2D eigenvalue weighted by atomic mass is 14.7. The quantitative estimate of drug-likeness (QED) is 0.249. The van der Waals surface area contributed by atoms with Gasteiger partial charge >= 0.3 is 0 Å². The third-order valence-electron chi connectivity index (χ3n) is 6.62. The van der Waals surface area contributed by atoms with Crippen LogP contribution in [0, 0.1) is 0 Å². The van der Waals surface area contributed by atoms with Crippen LogP contribution >= 0.6 is 0 Å². The van der Waals surface area contributed by atoms with Gasteiger partial charge in [0.15, 0.2) is 0 Å². The number of para-hydroxylation sites is 1. The average molecular weight is 406 g/mol. The van der Waals surface area contributed by atoms with E-state index in [4.69, 9.17) is 4.98 Å².